The molecule has 1 heterocycles. The van der Waals surface area contributed by atoms with Gasteiger partial charge in [0.1, 0.15) is 0 Å². The van der Waals surface area contributed by atoms with E-state index in [9.17, 15) is 13.0 Å². The molecule has 2 aliphatic rings. The van der Waals surface area contributed by atoms with Crippen molar-refractivity contribution in [3.8, 4) is 0 Å². The Labute approximate surface area is 195 Å². The molecule has 0 radical (unpaired) electrons. The Kier molecular flexibility index (Phi) is 7.68. The fraction of sp³-hybridized carbons (Fsp3) is 0.769. The second kappa shape index (κ2) is 9.63. The second-order valence-corrected chi connectivity index (χ2v) is 12.5. The van der Waals surface area contributed by atoms with Crippen molar-refractivity contribution in [2.45, 2.75) is 92.6 Å². The largest absolute Gasteiger partial charge is 0.472 e. The fourth-order valence-electron chi connectivity index (χ4n) is 7.35. The number of hydrogen-bond acceptors (Lipinski definition) is 4. The first kappa shape index (κ1) is 25.5. The van der Waals surface area contributed by atoms with E-state index in [0.29, 0.717) is 5.92 Å². The first-order chi connectivity index (χ1) is 14.8. The van der Waals surface area contributed by atoms with Gasteiger partial charge in [0.05, 0.1) is 18.6 Å². The van der Waals surface area contributed by atoms with Crippen molar-refractivity contribution in [1.82, 2.24) is 0 Å². The van der Waals surface area contributed by atoms with Crippen LogP contribution in [0.1, 0.15) is 85.6 Å². The number of furan rings is 1. The average Bonchev–Trinajstić information content (AvgIpc) is 3.17. The molecule has 0 saturated heterocycles. The van der Waals surface area contributed by atoms with Crippen LogP contribution in [0.3, 0.4) is 0 Å². The summed E-state index contributed by atoms with van der Waals surface area (Å²) < 4.78 is 43.9. The molecule has 3 rings (SSSR count). The quantitative estimate of drug-likeness (QED) is 0.318. The molecule has 0 aliphatic heterocycles. The van der Waals surface area contributed by atoms with Crippen molar-refractivity contribution < 1.29 is 21.6 Å². The van der Waals surface area contributed by atoms with Crippen molar-refractivity contribution in [2.75, 3.05) is 0 Å². The molecular formula is C26H42O5S. The van der Waals surface area contributed by atoms with E-state index in [4.69, 9.17) is 8.60 Å². The normalized spacial score (nSPS) is 30.8. The van der Waals surface area contributed by atoms with E-state index in [1.807, 2.05) is 13.0 Å². The lowest BCUT2D eigenvalue weighted by atomic mass is 9.46. The van der Waals surface area contributed by atoms with Crippen molar-refractivity contribution in [3.63, 3.8) is 0 Å². The highest BCUT2D eigenvalue weighted by Gasteiger charge is 2.54. The molecule has 0 amide bonds. The molecule has 2 aliphatic carbocycles. The van der Waals surface area contributed by atoms with Crippen molar-refractivity contribution in [1.29, 1.82) is 0 Å². The maximum absolute atomic E-state index is 11.8. The SMILES string of the molecule is CC1=CC[C@H]2C(C)(C)CCC[C@]2(C)[C@H]1C(C)[C@H](OS(=O)(=O)O)[C@H](C)CCCc1ccoc1. The van der Waals surface area contributed by atoms with E-state index >= 15 is 0 Å². The van der Waals surface area contributed by atoms with Crippen LogP contribution in [0.25, 0.3) is 0 Å². The van der Waals surface area contributed by atoms with Gasteiger partial charge in [-0.1, -0.05) is 52.7 Å². The van der Waals surface area contributed by atoms with Crippen molar-refractivity contribution in [2.24, 2.45) is 34.5 Å². The van der Waals surface area contributed by atoms with E-state index in [1.54, 1.807) is 12.5 Å². The lowest BCUT2D eigenvalue weighted by molar-refractivity contribution is -0.0740. The number of hydrogen-bond donors (Lipinski definition) is 1. The molecule has 1 saturated carbocycles. The van der Waals surface area contributed by atoms with Gasteiger partial charge in [-0.15, -0.1) is 0 Å². The summed E-state index contributed by atoms with van der Waals surface area (Å²) in [5.41, 5.74) is 2.83. The van der Waals surface area contributed by atoms with Gasteiger partial charge in [0.2, 0.25) is 0 Å². The van der Waals surface area contributed by atoms with Gasteiger partial charge in [-0.25, -0.2) is 4.18 Å². The first-order valence-electron chi connectivity index (χ1n) is 12.2. The highest BCUT2D eigenvalue weighted by atomic mass is 32.3. The van der Waals surface area contributed by atoms with Crippen LogP contribution >= 0.6 is 0 Å². The maximum atomic E-state index is 11.8. The molecule has 1 unspecified atom stereocenters. The summed E-state index contributed by atoms with van der Waals surface area (Å²) >= 11 is 0. The van der Waals surface area contributed by atoms with Crippen LogP contribution in [0, 0.1) is 34.5 Å². The summed E-state index contributed by atoms with van der Waals surface area (Å²) in [4.78, 5) is 0. The molecule has 182 valence electrons. The molecule has 5 nitrogen and oxygen atoms in total. The molecule has 0 aromatic carbocycles. The molecule has 1 aromatic heterocycles. The minimum absolute atomic E-state index is 0.00722. The minimum Gasteiger partial charge on any atom is -0.472 e. The van der Waals surface area contributed by atoms with Crippen LogP contribution in [-0.4, -0.2) is 19.1 Å². The topological polar surface area (TPSA) is 76.7 Å². The Balaban J connectivity index is 1.84. The zero-order chi connectivity index (χ0) is 23.7. The first-order valence-corrected chi connectivity index (χ1v) is 13.5. The molecule has 1 fully saturated rings. The van der Waals surface area contributed by atoms with Gasteiger partial charge in [0.25, 0.3) is 0 Å². The standard InChI is InChI=1S/C26H42O5S/c1-18-11-12-22-25(4,5)14-8-15-26(22,6)23(18)20(3)24(31-32(27,28)29)19(2)9-7-10-21-13-16-30-17-21/h11,13,16-17,19-20,22-24H,7-10,12,14-15H2,1-6H3,(H,27,28,29)/t19-,20?,22+,23-,24-,26+/m1/s1. The van der Waals surface area contributed by atoms with E-state index in [2.05, 4.69) is 40.7 Å². The van der Waals surface area contributed by atoms with Gasteiger partial charge < -0.3 is 4.42 Å². The van der Waals surface area contributed by atoms with Crippen LogP contribution in [-0.2, 0) is 21.0 Å². The van der Waals surface area contributed by atoms with E-state index in [-0.39, 0.29) is 28.6 Å². The Hall–Kier alpha value is -1.11. The second-order valence-electron chi connectivity index (χ2n) is 11.4. The number of rotatable bonds is 9. The molecule has 6 atom stereocenters. The van der Waals surface area contributed by atoms with E-state index < -0.39 is 16.5 Å². The fourth-order valence-corrected chi connectivity index (χ4v) is 8.00. The predicted molar refractivity (Wildman–Crippen MR) is 127 cm³/mol. The van der Waals surface area contributed by atoms with Gasteiger partial charge in [0, 0.05) is 0 Å². The molecular weight excluding hydrogens is 424 g/mol. The number of allylic oxidation sites excluding steroid dienone is 2. The van der Waals surface area contributed by atoms with Gasteiger partial charge in [-0.05, 0) is 91.6 Å². The summed E-state index contributed by atoms with van der Waals surface area (Å²) in [6.45, 7) is 13.5. The summed E-state index contributed by atoms with van der Waals surface area (Å²) in [5.74, 6) is 0.748. The molecule has 6 heteroatoms. The Bertz CT molecular complexity index is 885. The van der Waals surface area contributed by atoms with Crippen LogP contribution in [0.2, 0.25) is 0 Å². The molecule has 32 heavy (non-hydrogen) atoms. The summed E-state index contributed by atoms with van der Waals surface area (Å²) in [7, 11) is -4.54. The molecule has 1 aromatic rings. The molecule has 1 N–H and O–H groups in total. The van der Waals surface area contributed by atoms with Crippen molar-refractivity contribution >= 4 is 10.4 Å². The summed E-state index contributed by atoms with van der Waals surface area (Å²) in [6.07, 6.45) is 12.5. The van der Waals surface area contributed by atoms with Crippen LogP contribution < -0.4 is 0 Å². The van der Waals surface area contributed by atoms with Crippen LogP contribution in [0.15, 0.2) is 34.7 Å². The third-order valence-corrected chi connectivity index (χ3v) is 9.16. The number of aryl methyl sites for hydroxylation is 1. The average molecular weight is 467 g/mol. The predicted octanol–water partition coefficient (Wildman–Crippen LogP) is 6.86. The van der Waals surface area contributed by atoms with E-state index in [0.717, 1.165) is 37.7 Å². The maximum Gasteiger partial charge on any atom is 0.397 e. The third kappa shape index (κ3) is 5.51. The van der Waals surface area contributed by atoms with E-state index in [1.165, 1.54) is 18.4 Å². The smallest absolute Gasteiger partial charge is 0.397 e. The lowest BCUT2D eigenvalue weighted by Gasteiger charge is -2.58. The van der Waals surface area contributed by atoms with Gasteiger partial charge in [0.15, 0.2) is 0 Å². The molecule has 0 spiro atoms. The zero-order valence-electron chi connectivity index (χ0n) is 20.6. The van der Waals surface area contributed by atoms with Crippen molar-refractivity contribution in [3.05, 3.63) is 35.8 Å². The monoisotopic (exact) mass is 466 g/mol. The summed E-state index contributed by atoms with van der Waals surface area (Å²) in [5, 5.41) is 0. The van der Waals surface area contributed by atoms with Gasteiger partial charge in [-0.2, -0.15) is 8.42 Å². The highest BCUT2D eigenvalue weighted by molar-refractivity contribution is 7.80. The van der Waals surface area contributed by atoms with Crippen LogP contribution in [0.4, 0.5) is 0 Å². The van der Waals surface area contributed by atoms with Gasteiger partial charge in [-0.3, -0.25) is 4.55 Å². The highest BCUT2D eigenvalue weighted by Crippen LogP contribution is 2.61. The Morgan fingerprint density at radius 3 is 2.59 bits per heavy atom. The Morgan fingerprint density at radius 2 is 1.97 bits per heavy atom. The third-order valence-electron chi connectivity index (χ3n) is 8.70. The van der Waals surface area contributed by atoms with Gasteiger partial charge >= 0.3 is 10.4 Å². The number of fused-ring (bicyclic) bond motifs is 1. The zero-order valence-corrected chi connectivity index (χ0v) is 21.5. The molecule has 0 bridgehead atoms. The summed E-state index contributed by atoms with van der Waals surface area (Å²) in [6, 6.07) is 1.96. The van der Waals surface area contributed by atoms with Crippen LogP contribution in [0.5, 0.6) is 0 Å². The minimum atomic E-state index is -4.54. The Morgan fingerprint density at radius 1 is 1.25 bits per heavy atom. The lowest BCUT2D eigenvalue weighted by Crippen LogP contribution is -2.52.